The Morgan fingerprint density at radius 3 is 2.91 bits per heavy atom. The van der Waals surface area contributed by atoms with Gasteiger partial charge >= 0.3 is 5.97 Å². The van der Waals surface area contributed by atoms with E-state index in [1.165, 1.54) is 16.2 Å². The van der Waals surface area contributed by atoms with Crippen LogP contribution in [0.3, 0.4) is 0 Å². The molecule has 11 heteroatoms. The molecule has 3 aromatic rings. The number of rotatable bonds is 8. The Morgan fingerprint density at radius 2 is 2.12 bits per heavy atom. The normalized spacial score (nSPS) is 13.4. The first-order valence-corrected chi connectivity index (χ1v) is 12.4. The number of nitrogens with zero attached hydrogens (tertiary/aromatic N) is 4. The average Bonchev–Trinajstić information content (AvgIpc) is 3.42. The van der Waals surface area contributed by atoms with E-state index in [1.54, 1.807) is 11.6 Å². The van der Waals surface area contributed by atoms with Crippen molar-refractivity contribution in [2.75, 3.05) is 17.7 Å². The number of fused-ring (bicyclic) bond motifs is 1. The van der Waals surface area contributed by atoms with Gasteiger partial charge in [0.25, 0.3) is 5.22 Å². The zero-order valence-corrected chi connectivity index (χ0v) is 19.7. The number of aromatic nitrogens is 4. The minimum absolute atomic E-state index is 0.0906. The number of ether oxygens (including phenoxy) is 1. The molecule has 0 atom stereocenters. The molecule has 0 radical (unpaired) electrons. The summed E-state index contributed by atoms with van der Waals surface area (Å²) in [6.07, 6.45) is 6.88. The highest BCUT2D eigenvalue weighted by Gasteiger charge is 2.26. The van der Waals surface area contributed by atoms with E-state index in [-0.39, 0.29) is 17.6 Å². The van der Waals surface area contributed by atoms with Crippen LogP contribution in [0.15, 0.2) is 21.9 Å². The first-order valence-electron chi connectivity index (χ1n) is 10.6. The lowest BCUT2D eigenvalue weighted by Crippen LogP contribution is -2.16. The highest BCUT2D eigenvalue weighted by molar-refractivity contribution is 7.99. The number of thioether (sulfide) groups is 1. The molecule has 1 aliphatic carbocycles. The zero-order valence-electron chi connectivity index (χ0n) is 18.0. The van der Waals surface area contributed by atoms with E-state index in [0.717, 1.165) is 55.1 Å². The third-order valence-corrected chi connectivity index (χ3v) is 7.03. The Labute approximate surface area is 193 Å². The molecule has 0 saturated heterocycles. The van der Waals surface area contributed by atoms with Crippen LogP contribution < -0.4 is 5.32 Å². The molecule has 0 aliphatic heterocycles. The monoisotopic (exact) mass is 475 g/mol. The van der Waals surface area contributed by atoms with E-state index in [2.05, 4.69) is 20.6 Å². The largest absolute Gasteiger partial charge is 0.462 e. The van der Waals surface area contributed by atoms with Gasteiger partial charge < -0.3 is 14.5 Å². The van der Waals surface area contributed by atoms with Gasteiger partial charge in [-0.3, -0.25) is 9.48 Å². The van der Waals surface area contributed by atoms with Gasteiger partial charge in [-0.1, -0.05) is 18.2 Å². The zero-order chi connectivity index (χ0) is 22.5. The summed E-state index contributed by atoms with van der Waals surface area (Å²) in [6.45, 7) is 4.36. The van der Waals surface area contributed by atoms with Crippen LogP contribution in [-0.4, -0.2) is 44.2 Å². The van der Waals surface area contributed by atoms with Gasteiger partial charge in [-0.25, -0.2) is 4.79 Å². The lowest BCUT2D eigenvalue weighted by molar-refractivity contribution is -0.113. The summed E-state index contributed by atoms with van der Waals surface area (Å²) in [5.41, 5.74) is 2.45. The van der Waals surface area contributed by atoms with Crippen molar-refractivity contribution in [2.24, 2.45) is 0 Å². The molecule has 9 nitrogen and oxygen atoms in total. The van der Waals surface area contributed by atoms with Crippen molar-refractivity contribution >= 4 is 40.0 Å². The van der Waals surface area contributed by atoms with E-state index in [4.69, 9.17) is 9.15 Å². The van der Waals surface area contributed by atoms with Gasteiger partial charge in [-0.15, -0.1) is 21.5 Å². The molecule has 1 amide bonds. The second kappa shape index (κ2) is 10.3. The van der Waals surface area contributed by atoms with Crippen LogP contribution in [0.5, 0.6) is 0 Å². The molecule has 0 unspecified atom stereocenters. The molecule has 32 heavy (non-hydrogen) atoms. The molecular formula is C21H25N5O4S2. The van der Waals surface area contributed by atoms with Crippen LogP contribution in [0.25, 0.3) is 0 Å². The van der Waals surface area contributed by atoms with Gasteiger partial charge in [0.1, 0.15) is 11.5 Å². The fourth-order valence-electron chi connectivity index (χ4n) is 3.59. The number of thiophene rings is 1. The number of hydrogen-bond donors (Lipinski definition) is 1. The molecule has 4 rings (SSSR count). The SMILES string of the molecule is CCOC(=O)c1c(NC(=O)CSc2nnc(Cn3ccc(C)n3)o2)sc2c1CCCCC2. The fraction of sp³-hybridized carbons (Fsp3) is 0.476. The molecule has 0 saturated carbocycles. The molecule has 170 valence electrons. The van der Waals surface area contributed by atoms with E-state index < -0.39 is 0 Å². The highest BCUT2D eigenvalue weighted by Crippen LogP contribution is 2.38. The summed E-state index contributed by atoms with van der Waals surface area (Å²) < 4.78 is 12.6. The van der Waals surface area contributed by atoms with Gasteiger partial charge in [-0.05, 0) is 51.2 Å². The molecule has 0 spiro atoms. The van der Waals surface area contributed by atoms with Crippen LogP contribution in [-0.2, 0) is 28.9 Å². The van der Waals surface area contributed by atoms with Gasteiger partial charge in [0.2, 0.25) is 11.8 Å². The van der Waals surface area contributed by atoms with Crippen molar-refractivity contribution in [1.29, 1.82) is 0 Å². The predicted molar refractivity (Wildman–Crippen MR) is 121 cm³/mol. The van der Waals surface area contributed by atoms with Crippen LogP contribution in [0.4, 0.5) is 5.00 Å². The summed E-state index contributed by atoms with van der Waals surface area (Å²) in [5.74, 6) is -0.0971. The van der Waals surface area contributed by atoms with E-state index in [1.807, 2.05) is 19.2 Å². The smallest absolute Gasteiger partial charge is 0.341 e. The van der Waals surface area contributed by atoms with Crippen molar-refractivity contribution in [1.82, 2.24) is 20.0 Å². The number of anilines is 1. The van der Waals surface area contributed by atoms with E-state index >= 15 is 0 Å². The molecule has 0 bridgehead atoms. The van der Waals surface area contributed by atoms with Crippen molar-refractivity contribution in [3.05, 3.63) is 39.9 Å². The Bertz CT molecular complexity index is 1100. The Morgan fingerprint density at radius 1 is 1.28 bits per heavy atom. The standard InChI is InChI=1S/C21H25N5O4S2/c1-3-29-20(28)18-14-7-5-4-6-8-15(14)32-19(18)22-16(27)12-31-21-24-23-17(30-21)11-26-10-9-13(2)25-26/h9-10H,3-8,11-12H2,1-2H3,(H,22,27). The number of carbonyl (C=O) groups is 2. The van der Waals surface area contributed by atoms with Gasteiger partial charge in [0.05, 0.1) is 23.6 Å². The maximum absolute atomic E-state index is 12.6. The van der Waals surface area contributed by atoms with Gasteiger partial charge in [0, 0.05) is 11.1 Å². The molecule has 0 fully saturated rings. The molecule has 1 N–H and O–H groups in total. The van der Waals surface area contributed by atoms with Crippen LogP contribution >= 0.6 is 23.1 Å². The molecule has 3 aromatic heterocycles. The third-order valence-electron chi connectivity index (χ3n) is 5.00. The Kier molecular flexibility index (Phi) is 7.26. The predicted octanol–water partition coefficient (Wildman–Crippen LogP) is 3.86. The highest BCUT2D eigenvalue weighted by atomic mass is 32.2. The Balaban J connectivity index is 1.39. The van der Waals surface area contributed by atoms with Crippen molar-refractivity contribution in [3.8, 4) is 0 Å². The number of nitrogens with one attached hydrogen (secondary N) is 1. The second-order valence-electron chi connectivity index (χ2n) is 7.44. The quantitative estimate of drug-likeness (QED) is 0.297. The lowest BCUT2D eigenvalue weighted by atomic mass is 10.1. The summed E-state index contributed by atoms with van der Waals surface area (Å²) in [7, 11) is 0. The van der Waals surface area contributed by atoms with Crippen molar-refractivity contribution < 1.29 is 18.7 Å². The summed E-state index contributed by atoms with van der Waals surface area (Å²) in [6, 6.07) is 1.89. The maximum Gasteiger partial charge on any atom is 0.341 e. The first kappa shape index (κ1) is 22.5. The second-order valence-corrected chi connectivity index (χ2v) is 9.47. The first-order chi connectivity index (χ1) is 15.5. The lowest BCUT2D eigenvalue weighted by Gasteiger charge is -2.08. The number of amides is 1. The topological polar surface area (TPSA) is 112 Å². The number of hydrogen-bond acceptors (Lipinski definition) is 9. The molecule has 3 heterocycles. The van der Waals surface area contributed by atoms with Crippen LogP contribution in [0.2, 0.25) is 0 Å². The number of aryl methyl sites for hydroxylation is 2. The molecule has 1 aliphatic rings. The minimum atomic E-state index is -0.370. The van der Waals surface area contributed by atoms with Gasteiger partial charge in [0.15, 0.2) is 0 Å². The number of carbonyl (C=O) groups excluding carboxylic acids is 2. The van der Waals surface area contributed by atoms with Crippen molar-refractivity contribution in [2.45, 2.75) is 57.7 Å². The maximum atomic E-state index is 12.6. The van der Waals surface area contributed by atoms with Crippen molar-refractivity contribution in [3.63, 3.8) is 0 Å². The fourth-order valence-corrected chi connectivity index (χ4v) is 5.46. The average molecular weight is 476 g/mol. The third kappa shape index (κ3) is 5.39. The minimum Gasteiger partial charge on any atom is -0.462 e. The Hall–Kier alpha value is -2.66. The van der Waals surface area contributed by atoms with Crippen LogP contribution in [0, 0.1) is 6.92 Å². The van der Waals surface area contributed by atoms with E-state index in [9.17, 15) is 9.59 Å². The summed E-state index contributed by atoms with van der Waals surface area (Å²) in [5, 5.41) is 16.1. The molecular weight excluding hydrogens is 450 g/mol. The van der Waals surface area contributed by atoms with E-state index in [0.29, 0.717) is 34.8 Å². The number of esters is 1. The van der Waals surface area contributed by atoms with Gasteiger partial charge in [-0.2, -0.15) is 5.10 Å². The van der Waals surface area contributed by atoms with Crippen LogP contribution in [0.1, 0.15) is 58.6 Å². The summed E-state index contributed by atoms with van der Waals surface area (Å²) >= 11 is 2.64. The molecule has 0 aromatic carbocycles. The summed E-state index contributed by atoms with van der Waals surface area (Å²) in [4.78, 5) is 26.4.